The van der Waals surface area contributed by atoms with E-state index in [1.165, 1.54) is 24.8 Å². The maximum atomic E-state index is 2.32. The lowest BCUT2D eigenvalue weighted by Gasteiger charge is -2.15. The minimum Gasteiger partial charge on any atom is -0.152 e. The predicted octanol–water partition coefficient (Wildman–Crippen LogP) is 3.32. The van der Waals surface area contributed by atoms with Crippen LogP contribution >= 0.6 is 11.3 Å². The van der Waals surface area contributed by atoms with Crippen molar-refractivity contribution in [3.05, 3.63) is 28.0 Å². The fourth-order valence-corrected chi connectivity index (χ4v) is 1.74. The van der Waals surface area contributed by atoms with Crippen molar-refractivity contribution in [3.8, 4) is 0 Å². The molecule has 1 aliphatic carbocycles. The van der Waals surface area contributed by atoms with Crippen LogP contribution in [0.3, 0.4) is 0 Å². The van der Waals surface area contributed by atoms with E-state index in [4.69, 9.17) is 0 Å². The molecule has 1 heterocycles. The molecule has 0 amide bonds. The van der Waals surface area contributed by atoms with Gasteiger partial charge >= 0.3 is 0 Å². The third kappa shape index (κ3) is 1.14. The number of rotatable bonds is 1. The maximum Gasteiger partial charge on any atom is -0.00208 e. The van der Waals surface area contributed by atoms with Crippen LogP contribution in [-0.4, -0.2) is 0 Å². The molecular weight excluding hydrogens is 140 g/mol. The summed E-state index contributed by atoms with van der Waals surface area (Å²) in [5, 5.41) is 4.33. The van der Waals surface area contributed by atoms with Crippen LogP contribution in [0, 0.1) is 0 Å². The van der Waals surface area contributed by atoms with Gasteiger partial charge in [-0.2, -0.15) is 11.3 Å². The molecule has 1 fully saturated rings. The van der Waals surface area contributed by atoms with E-state index in [9.17, 15) is 0 Å². The Morgan fingerprint density at radius 3 is 2.80 bits per heavy atom. The van der Waals surface area contributed by atoms with Crippen molar-refractivity contribution in [3.63, 3.8) is 0 Å². The fraction of sp³-hybridized carbons (Fsp3) is 0.333. The van der Waals surface area contributed by atoms with Crippen molar-refractivity contribution in [1.29, 1.82) is 0 Å². The Labute approximate surface area is 65.2 Å². The zero-order valence-electron chi connectivity index (χ0n) is 5.84. The van der Waals surface area contributed by atoms with Crippen LogP contribution in [0.5, 0.6) is 0 Å². The second-order valence-electron chi connectivity index (χ2n) is 2.71. The normalized spacial score (nSPS) is 16.6. The molecule has 0 aliphatic heterocycles. The lowest BCUT2D eigenvalue weighted by atomic mass is 9.91. The summed E-state index contributed by atoms with van der Waals surface area (Å²) in [4.78, 5) is 0. The predicted molar refractivity (Wildman–Crippen MR) is 46.1 cm³/mol. The maximum absolute atomic E-state index is 2.32. The average molecular weight is 150 g/mol. The Morgan fingerprint density at radius 1 is 1.40 bits per heavy atom. The summed E-state index contributed by atoms with van der Waals surface area (Å²) in [6, 6.07) is 2.18. The van der Waals surface area contributed by atoms with Crippen LogP contribution in [0.2, 0.25) is 0 Å². The zero-order chi connectivity index (χ0) is 6.81. The molecule has 0 nitrogen and oxygen atoms in total. The summed E-state index contributed by atoms with van der Waals surface area (Å²) in [6.45, 7) is 0. The third-order valence-electron chi connectivity index (χ3n) is 1.91. The standard InChI is InChI=1S/C9H10S/c1-2-8(3-1)6-9-4-5-10-7-9/h4-7H,1-3H2. The summed E-state index contributed by atoms with van der Waals surface area (Å²) in [5.74, 6) is 0. The molecule has 1 aliphatic rings. The Hall–Kier alpha value is -0.560. The smallest absolute Gasteiger partial charge is 0.00208 e. The molecule has 0 saturated heterocycles. The van der Waals surface area contributed by atoms with Gasteiger partial charge in [0.2, 0.25) is 0 Å². The molecule has 10 heavy (non-hydrogen) atoms. The first-order valence-corrected chi connectivity index (χ1v) is 4.61. The van der Waals surface area contributed by atoms with Gasteiger partial charge in [0, 0.05) is 0 Å². The van der Waals surface area contributed by atoms with E-state index in [1.807, 2.05) is 0 Å². The molecule has 0 unspecified atom stereocenters. The molecule has 0 aromatic carbocycles. The van der Waals surface area contributed by atoms with Gasteiger partial charge in [0.05, 0.1) is 0 Å². The summed E-state index contributed by atoms with van der Waals surface area (Å²) in [5.41, 5.74) is 3.01. The molecule has 0 radical (unpaired) electrons. The van der Waals surface area contributed by atoms with Gasteiger partial charge in [-0.25, -0.2) is 0 Å². The van der Waals surface area contributed by atoms with Gasteiger partial charge in [-0.1, -0.05) is 11.6 Å². The summed E-state index contributed by atoms with van der Waals surface area (Å²) < 4.78 is 0. The van der Waals surface area contributed by atoms with E-state index in [2.05, 4.69) is 22.9 Å². The van der Waals surface area contributed by atoms with E-state index in [1.54, 1.807) is 16.9 Å². The lowest BCUT2D eigenvalue weighted by molar-refractivity contribution is 0.670. The number of hydrogen-bond donors (Lipinski definition) is 0. The van der Waals surface area contributed by atoms with E-state index in [-0.39, 0.29) is 0 Å². The summed E-state index contributed by atoms with van der Waals surface area (Å²) >= 11 is 1.77. The average Bonchev–Trinajstić information content (AvgIpc) is 2.29. The summed E-state index contributed by atoms with van der Waals surface area (Å²) in [6.07, 6.45) is 6.38. The van der Waals surface area contributed by atoms with Gasteiger partial charge in [0.15, 0.2) is 0 Å². The largest absolute Gasteiger partial charge is 0.152 e. The summed E-state index contributed by atoms with van der Waals surface area (Å²) in [7, 11) is 0. The van der Waals surface area contributed by atoms with Crippen LogP contribution in [0.4, 0.5) is 0 Å². The quantitative estimate of drug-likeness (QED) is 0.576. The topological polar surface area (TPSA) is 0 Å². The third-order valence-corrected chi connectivity index (χ3v) is 2.61. The molecule has 0 spiro atoms. The highest BCUT2D eigenvalue weighted by Crippen LogP contribution is 2.27. The molecule has 1 aromatic heterocycles. The van der Waals surface area contributed by atoms with E-state index in [0.717, 1.165) is 0 Å². The molecule has 1 aromatic rings. The van der Waals surface area contributed by atoms with Crippen molar-refractivity contribution in [1.82, 2.24) is 0 Å². The van der Waals surface area contributed by atoms with Crippen LogP contribution in [0.25, 0.3) is 6.08 Å². The van der Waals surface area contributed by atoms with E-state index in [0.29, 0.717) is 0 Å². The molecule has 1 saturated carbocycles. The minimum atomic E-state index is 1.33. The second-order valence-corrected chi connectivity index (χ2v) is 3.49. The number of allylic oxidation sites excluding steroid dienone is 1. The molecule has 0 bridgehead atoms. The second kappa shape index (κ2) is 2.59. The molecule has 0 atom stereocenters. The van der Waals surface area contributed by atoms with Crippen molar-refractivity contribution in [2.75, 3.05) is 0 Å². The zero-order valence-corrected chi connectivity index (χ0v) is 6.66. The van der Waals surface area contributed by atoms with Crippen molar-refractivity contribution >= 4 is 17.4 Å². The Morgan fingerprint density at radius 2 is 2.30 bits per heavy atom. The van der Waals surface area contributed by atoms with Crippen molar-refractivity contribution < 1.29 is 0 Å². The molecular formula is C9H10S. The molecule has 52 valence electrons. The van der Waals surface area contributed by atoms with Gasteiger partial charge in [-0.15, -0.1) is 0 Å². The van der Waals surface area contributed by atoms with Crippen LogP contribution in [0.1, 0.15) is 24.8 Å². The van der Waals surface area contributed by atoms with Crippen LogP contribution < -0.4 is 0 Å². The Balaban J connectivity index is 2.15. The first kappa shape index (κ1) is 6.17. The van der Waals surface area contributed by atoms with E-state index >= 15 is 0 Å². The molecule has 2 rings (SSSR count). The number of hydrogen-bond acceptors (Lipinski definition) is 1. The monoisotopic (exact) mass is 150 g/mol. The first-order chi connectivity index (χ1) is 4.95. The van der Waals surface area contributed by atoms with Crippen molar-refractivity contribution in [2.45, 2.75) is 19.3 Å². The van der Waals surface area contributed by atoms with Gasteiger partial charge in [-0.3, -0.25) is 0 Å². The van der Waals surface area contributed by atoms with Gasteiger partial charge in [-0.05, 0) is 41.7 Å². The molecule has 0 N–H and O–H groups in total. The highest BCUT2D eigenvalue weighted by Gasteiger charge is 2.07. The number of thiophene rings is 1. The van der Waals surface area contributed by atoms with E-state index < -0.39 is 0 Å². The van der Waals surface area contributed by atoms with Gasteiger partial charge in [0.25, 0.3) is 0 Å². The van der Waals surface area contributed by atoms with Crippen LogP contribution in [-0.2, 0) is 0 Å². The first-order valence-electron chi connectivity index (χ1n) is 3.67. The highest BCUT2D eigenvalue weighted by molar-refractivity contribution is 7.08. The fourth-order valence-electron chi connectivity index (χ4n) is 1.12. The lowest BCUT2D eigenvalue weighted by Crippen LogP contribution is -1.95. The van der Waals surface area contributed by atoms with Gasteiger partial charge in [0.1, 0.15) is 0 Å². The Bertz CT molecular complexity index is 225. The Kier molecular flexibility index (Phi) is 1.60. The molecule has 1 heteroatoms. The highest BCUT2D eigenvalue weighted by atomic mass is 32.1. The minimum absolute atomic E-state index is 1.33. The van der Waals surface area contributed by atoms with Crippen molar-refractivity contribution in [2.24, 2.45) is 0 Å². The SMILES string of the molecule is C(=C1CCC1)c1ccsc1. The van der Waals surface area contributed by atoms with Gasteiger partial charge < -0.3 is 0 Å². The van der Waals surface area contributed by atoms with Crippen LogP contribution in [0.15, 0.2) is 22.4 Å².